The molecule has 0 heterocycles. The Morgan fingerprint density at radius 3 is 2.62 bits per heavy atom. The maximum absolute atomic E-state index is 5.33. The van der Waals surface area contributed by atoms with E-state index >= 15 is 0 Å². The Bertz CT molecular complexity index is 574. The summed E-state index contributed by atoms with van der Waals surface area (Å²) in [7, 11) is 3.64. The van der Waals surface area contributed by atoms with Crippen LogP contribution in [0, 0.1) is 12.3 Å². The molecule has 0 aromatic heterocycles. The van der Waals surface area contributed by atoms with Crippen molar-refractivity contribution in [2.45, 2.75) is 50.5 Å². The summed E-state index contributed by atoms with van der Waals surface area (Å²) >= 11 is 1.80. The summed E-state index contributed by atoms with van der Waals surface area (Å²) in [4.78, 5) is 5.73. The number of methoxy groups -OCH3 is 1. The lowest BCUT2D eigenvalue weighted by atomic mass is 9.83. The molecule has 0 amide bonds. The number of hydrogen-bond acceptors (Lipinski definition) is 3. The lowest BCUT2D eigenvalue weighted by Gasteiger charge is -2.30. The van der Waals surface area contributed by atoms with Gasteiger partial charge in [0.2, 0.25) is 0 Å². The highest BCUT2D eigenvalue weighted by atomic mass is 127. The Balaban J connectivity index is 0.00000338. The van der Waals surface area contributed by atoms with Crippen molar-refractivity contribution in [3.63, 3.8) is 0 Å². The van der Waals surface area contributed by atoms with Crippen molar-refractivity contribution in [2.24, 2.45) is 10.4 Å². The number of rotatable bonds is 8. The molecule has 2 rings (SSSR count). The van der Waals surface area contributed by atoms with Crippen molar-refractivity contribution < 1.29 is 4.74 Å². The van der Waals surface area contributed by atoms with Crippen LogP contribution >= 0.6 is 35.7 Å². The van der Waals surface area contributed by atoms with Crippen molar-refractivity contribution in [1.29, 1.82) is 0 Å². The van der Waals surface area contributed by atoms with E-state index in [0.29, 0.717) is 5.41 Å². The number of aliphatic imine (C=N–C) groups is 1. The highest BCUT2D eigenvalue weighted by Gasteiger charge is 2.33. The SMILES string of the molecule is CN=C(NCc1ccc(C)cc1SC)NCC1(CCOC)CCCC1.I. The number of halogens is 1. The van der Waals surface area contributed by atoms with E-state index in [1.807, 2.05) is 7.05 Å². The van der Waals surface area contributed by atoms with Gasteiger partial charge in [-0.2, -0.15) is 0 Å². The van der Waals surface area contributed by atoms with Crippen molar-refractivity contribution in [3.05, 3.63) is 29.3 Å². The van der Waals surface area contributed by atoms with Crippen molar-refractivity contribution in [2.75, 3.05) is 33.6 Å². The third-order valence-electron chi connectivity index (χ3n) is 5.24. The van der Waals surface area contributed by atoms with Gasteiger partial charge in [-0.1, -0.05) is 25.0 Å². The minimum Gasteiger partial charge on any atom is -0.385 e. The number of thioether (sulfide) groups is 1. The zero-order valence-electron chi connectivity index (χ0n) is 16.6. The predicted molar refractivity (Wildman–Crippen MR) is 124 cm³/mol. The first-order chi connectivity index (χ1) is 12.1. The lowest BCUT2D eigenvalue weighted by Crippen LogP contribution is -2.43. The smallest absolute Gasteiger partial charge is 0.191 e. The summed E-state index contributed by atoms with van der Waals surface area (Å²) in [6.45, 7) is 4.74. The molecule has 1 saturated carbocycles. The van der Waals surface area contributed by atoms with E-state index in [-0.39, 0.29) is 24.0 Å². The Morgan fingerprint density at radius 1 is 1.27 bits per heavy atom. The van der Waals surface area contributed by atoms with Crippen LogP contribution in [0.2, 0.25) is 0 Å². The minimum absolute atomic E-state index is 0. The average molecular weight is 491 g/mol. The summed E-state index contributed by atoms with van der Waals surface area (Å²) in [5.41, 5.74) is 2.98. The fourth-order valence-electron chi connectivity index (χ4n) is 3.63. The monoisotopic (exact) mass is 491 g/mol. The number of hydrogen-bond donors (Lipinski definition) is 2. The van der Waals surface area contributed by atoms with Crippen LogP contribution in [0.5, 0.6) is 0 Å². The number of nitrogens with one attached hydrogen (secondary N) is 2. The molecule has 0 spiro atoms. The Morgan fingerprint density at radius 2 is 2.00 bits per heavy atom. The first-order valence-electron chi connectivity index (χ1n) is 9.19. The van der Waals surface area contributed by atoms with Crippen LogP contribution in [0.15, 0.2) is 28.1 Å². The predicted octanol–water partition coefficient (Wildman–Crippen LogP) is 4.60. The molecule has 1 aliphatic carbocycles. The lowest BCUT2D eigenvalue weighted by molar-refractivity contribution is 0.138. The van der Waals surface area contributed by atoms with Gasteiger partial charge in [0.15, 0.2) is 5.96 Å². The van der Waals surface area contributed by atoms with Crippen molar-refractivity contribution in [1.82, 2.24) is 10.6 Å². The van der Waals surface area contributed by atoms with E-state index in [4.69, 9.17) is 4.74 Å². The number of benzene rings is 1. The largest absolute Gasteiger partial charge is 0.385 e. The summed E-state index contributed by atoms with van der Waals surface area (Å²) in [6, 6.07) is 6.62. The molecular weight excluding hydrogens is 457 g/mol. The molecule has 148 valence electrons. The van der Waals surface area contributed by atoms with E-state index in [9.17, 15) is 0 Å². The van der Waals surface area contributed by atoms with Gasteiger partial charge in [-0.3, -0.25) is 4.99 Å². The van der Waals surface area contributed by atoms with Crippen LogP contribution in [-0.4, -0.2) is 39.5 Å². The van der Waals surface area contributed by atoms with Crippen molar-refractivity contribution in [3.8, 4) is 0 Å². The maximum atomic E-state index is 5.33. The molecule has 0 atom stereocenters. The molecule has 1 aromatic rings. The van der Waals surface area contributed by atoms with Crippen LogP contribution in [-0.2, 0) is 11.3 Å². The molecule has 0 aliphatic heterocycles. The fraction of sp³-hybridized carbons (Fsp3) is 0.650. The van der Waals surface area contributed by atoms with E-state index in [2.05, 4.69) is 47.0 Å². The number of guanidine groups is 1. The van der Waals surface area contributed by atoms with Gasteiger partial charge in [0.1, 0.15) is 0 Å². The second-order valence-electron chi connectivity index (χ2n) is 7.04. The van der Waals surface area contributed by atoms with Crippen LogP contribution in [0.4, 0.5) is 0 Å². The molecule has 0 bridgehead atoms. The van der Waals surface area contributed by atoms with Gasteiger partial charge < -0.3 is 15.4 Å². The zero-order valence-corrected chi connectivity index (χ0v) is 19.7. The van der Waals surface area contributed by atoms with Crippen LogP contribution in [0.3, 0.4) is 0 Å². The Labute approximate surface area is 180 Å². The normalized spacial score (nSPS) is 16.2. The van der Waals surface area contributed by atoms with E-state index in [1.54, 1.807) is 18.9 Å². The summed E-state index contributed by atoms with van der Waals surface area (Å²) < 4.78 is 5.33. The van der Waals surface area contributed by atoms with Gasteiger partial charge in [-0.25, -0.2) is 0 Å². The molecule has 6 heteroatoms. The third kappa shape index (κ3) is 6.93. The van der Waals surface area contributed by atoms with E-state index in [0.717, 1.165) is 32.1 Å². The highest BCUT2D eigenvalue weighted by Crippen LogP contribution is 2.40. The molecule has 0 saturated heterocycles. The van der Waals surface area contributed by atoms with Gasteiger partial charge in [-0.05, 0) is 55.1 Å². The summed E-state index contributed by atoms with van der Waals surface area (Å²) in [6.07, 6.45) is 8.49. The zero-order chi connectivity index (χ0) is 18.1. The third-order valence-corrected chi connectivity index (χ3v) is 6.06. The average Bonchev–Trinajstić information content (AvgIpc) is 3.10. The standard InChI is InChI=1S/C20H33N3OS.HI/c1-16-7-8-17(18(13-16)25-4)14-22-19(21-2)23-15-20(11-12-24-3)9-5-6-10-20;/h7-8,13H,5-6,9-12,14-15H2,1-4H3,(H2,21,22,23);1H. The van der Waals surface area contributed by atoms with Crippen molar-refractivity contribution >= 4 is 41.7 Å². The molecular formula is C20H34IN3OS. The van der Waals surface area contributed by atoms with Gasteiger partial charge in [0.25, 0.3) is 0 Å². The molecule has 0 radical (unpaired) electrons. The van der Waals surface area contributed by atoms with Crippen LogP contribution in [0.1, 0.15) is 43.2 Å². The Hall–Kier alpha value is -0.470. The molecule has 26 heavy (non-hydrogen) atoms. The van der Waals surface area contributed by atoms with Gasteiger partial charge in [-0.15, -0.1) is 35.7 Å². The second-order valence-corrected chi connectivity index (χ2v) is 7.89. The molecule has 1 aliphatic rings. The second kappa shape index (κ2) is 12.1. The van der Waals surface area contributed by atoms with Gasteiger partial charge in [0.05, 0.1) is 0 Å². The van der Waals surface area contributed by atoms with Crippen LogP contribution in [0.25, 0.3) is 0 Å². The van der Waals surface area contributed by atoms with Crippen LogP contribution < -0.4 is 10.6 Å². The van der Waals surface area contributed by atoms with Gasteiger partial charge >= 0.3 is 0 Å². The topological polar surface area (TPSA) is 45.7 Å². The highest BCUT2D eigenvalue weighted by molar-refractivity contribution is 14.0. The number of aryl methyl sites for hydroxylation is 1. The number of nitrogens with zero attached hydrogens (tertiary/aromatic N) is 1. The molecule has 1 aromatic carbocycles. The first kappa shape index (κ1) is 23.6. The fourth-order valence-corrected chi connectivity index (χ4v) is 4.33. The quantitative estimate of drug-likeness (QED) is 0.242. The molecule has 2 N–H and O–H groups in total. The molecule has 4 nitrogen and oxygen atoms in total. The maximum Gasteiger partial charge on any atom is 0.191 e. The summed E-state index contributed by atoms with van der Waals surface area (Å²) in [5.74, 6) is 0.885. The van der Waals surface area contributed by atoms with E-state index in [1.165, 1.54) is 41.7 Å². The number of ether oxygens (including phenoxy) is 1. The first-order valence-corrected chi connectivity index (χ1v) is 10.4. The molecule has 0 unspecified atom stereocenters. The van der Waals surface area contributed by atoms with E-state index < -0.39 is 0 Å². The van der Waals surface area contributed by atoms with Gasteiger partial charge in [0, 0.05) is 38.7 Å². The minimum atomic E-state index is 0. The molecule has 1 fully saturated rings. The summed E-state index contributed by atoms with van der Waals surface area (Å²) in [5, 5.41) is 7.03. The Kier molecular flexibility index (Phi) is 11.0.